The van der Waals surface area contributed by atoms with Crippen LogP contribution in [0.2, 0.25) is 0 Å². The second kappa shape index (κ2) is 8.52. The van der Waals surface area contributed by atoms with Crippen LogP contribution in [-0.4, -0.2) is 30.4 Å². The summed E-state index contributed by atoms with van der Waals surface area (Å²) in [5, 5.41) is 13.4. The van der Waals surface area contributed by atoms with Crippen molar-refractivity contribution in [3.63, 3.8) is 0 Å². The van der Waals surface area contributed by atoms with E-state index in [2.05, 4.69) is 10.5 Å². The molecule has 2 aromatic rings. The molecular weight excluding hydrogens is 315 g/mol. The van der Waals surface area contributed by atoms with Crippen LogP contribution in [-0.2, 0) is 4.79 Å². The molecule has 0 bridgehead atoms. The van der Waals surface area contributed by atoms with Gasteiger partial charge in [0.2, 0.25) is 0 Å². The van der Waals surface area contributed by atoms with Crippen molar-refractivity contribution < 1.29 is 23.8 Å². The lowest BCUT2D eigenvalue weighted by Gasteiger charge is -2.06. The molecule has 0 spiro atoms. The first-order valence-corrected chi connectivity index (χ1v) is 7.25. The zero-order valence-corrected chi connectivity index (χ0v) is 13.0. The second-order valence-electron chi connectivity index (χ2n) is 4.67. The van der Waals surface area contributed by atoms with E-state index in [1.807, 2.05) is 0 Å². The highest BCUT2D eigenvalue weighted by Gasteiger charge is 2.05. The molecule has 0 saturated carbocycles. The minimum atomic E-state index is -0.540. The van der Waals surface area contributed by atoms with E-state index in [1.165, 1.54) is 30.5 Å². The van der Waals surface area contributed by atoms with Crippen molar-refractivity contribution in [2.45, 2.75) is 6.92 Å². The van der Waals surface area contributed by atoms with Gasteiger partial charge in [0.05, 0.1) is 12.8 Å². The van der Waals surface area contributed by atoms with Crippen LogP contribution < -0.4 is 14.9 Å². The van der Waals surface area contributed by atoms with Crippen LogP contribution in [0.5, 0.6) is 17.2 Å². The number of ether oxygens (including phenoxy) is 2. The largest absolute Gasteiger partial charge is 0.504 e. The lowest BCUT2D eigenvalue weighted by atomic mass is 10.2. The number of carbonyl (C=O) groups is 1. The molecule has 2 rings (SSSR count). The fourth-order valence-electron chi connectivity index (χ4n) is 1.80. The summed E-state index contributed by atoms with van der Waals surface area (Å²) < 4.78 is 23.6. The molecule has 0 aliphatic carbocycles. The average Bonchev–Trinajstić information content (AvgIpc) is 2.57. The Morgan fingerprint density at radius 3 is 2.79 bits per heavy atom. The molecule has 0 atom stereocenters. The van der Waals surface area contributed by atoms with Crippen LogP contribution in [0.3, 0.4) is 0 Å². The van der Waals surface area contributed by atoms with Crippen LogP contribution in [0.1, 0.15) is 12.5 Å². The first-order chi connectivity index (χ1) is 11.6. The zero-order valence-electron chi connectivity index (χ0n) is 13.0. The summed E-state index contributed by atoms with van der Waals surface area (Å²) >= 11 is 0. The molecular formula is C17H17FN2O4. The number of phenols is 1. The number of amides is 1. The monoisotopic (exact) mass is 332 g/mol. The SMILES string of the molecule is CCOc1cc(/C=N/NC(=O)COc2ccccc2F)ccc1O. The number of nitrogens with one attached hydrogen (secondary N) is 1. The van der Waals surface area contributed by atoms with Crippen molar-refractivity contribution in [2.24, 2.45) is 5.10 Å². The van der Waals surface area contributed by atoms with E-state index in [-0.39, 0.29) is 18.1 Å². The smallest absolute Gasteiger partial charge is 0.277 e. The highest BCUT2D eigenvalue weighted by molar-refractivity contribution is 5.83. The average molecular weight is 332 g/mol. The second-order valence-corrected chi connectivity index (χ2v) is 4.67. The van der Waals surface area contributed by atoms with Gasteiger partial charge in [-0.25, -0.2) is 9.82 Å². The molecule has 6 nitrogen and oxygen atoms in total. The maximum atomic E-state index is 13.3. The molecule has 1 amide bonds. The summed E-state index contributed by atoms with van der Waals surface area (Å²) in [4.78, 5) is 11.6. The molecule has 126 valence electrons. The third-order valence-corrected chi connectivity index (χ3v) is 2.88. The molecule has 2 N–H and O–H groups in total. The van der Waals surface area contributed by atoms with E-state index in [4.69, 9.17) is 9.47 Å². The third kappa shape index (κ3) is 4.98. The van der Waals surface area contributed by atoms with Gasteiger partial charge in [0.25, 0.3) is 5.91 Å². The van der Waals surface area contributed by atoms with Crippen LogP contribution in [0.15, 0.2) is 47.6 Å². The number of phenolic OH excluding ortho intramolecular Hbond substituents is 1. The predicted octanol–water partition coefficient (Wildman–Crippen LogP) is 2.46. The summed E-state index contributed by atoms with van der Waals surface area (Å²) in [7, 11) is 0. The Balaban J connectivity index is 1.86. The van der Waals surface area contributed by atoms with E-state index in [0.717, 1.165) is 0 Å². The lowest BCUT2D eigenvalue weighted by molar-refractivity contribution is -0.123. The molecule has 0 saturated heterocycles. The Hall–Kier alpha value is -3.09. The lowest BCUT2D eigenvalue weighted by Crippen LogP contribution is -2.24. The Kier molecular flexibility index (Phi) is 6.13. The Morgan fingerprint density at radius 1 is 1.25 bits per heavy atom. The van der Waals surface area contributed by atoms with Gasteiger partial charge in [-0.05, 0) is 42.8 Å². The number of rotatable bonds is 7. The van der Waals surface area contributed by atoms with Crippen LogP contribution >= 0.6 is 0 Å². The molecule has 0 aliphatic rings. The zero-order chi connectivity index (χ0) is 17.4. The number of benzene rings is 2. The van der Waals surface area contributed by atoms with Crippen LogP contribution in [0.4, 0.5) is 4.39 Å². The Bertz CT molecular complexity index is 734. The summed E-state index contributed by atoms with van der Waals surface area (Å²) in [5.41, 5.74) is 2.90. The van der Waals surface area contributed by atoms with Gasteiger partial charge in [-0.2, -0.15) is 5.10 Å². The van der Waals surface area contributed by atoms with Crippen LogP contribution in [0, 0.1) is 5.82 Å². The summed E-state index contributed by atoms with van der Waals surface area (Å²) in [6.07, 6.45) is 1.39. The number of hydrogen-bond donors (Lipinski definition) is 2. The van der Waals surface area contributed by atoms with E-state index in [9.17, 15) is 14.3 Å². The number of halogens is 1. The maximum Gasteiger partial charge on any atom is 0.277 e. The van der Waals surface area contributed by atoms with Gasteiger partial charge in [-0.1, -0.05) is 12.1 Å². The van der Waals surface area contributed by atoms with Gasteiger partial charge in [0.15, 0.2) is 29.7 Å². The summed E-state index contributed by atoms with van der Waals surface area (Å²) in [6.45, 7) is 1.85. The molecule has 0 fully saturated rings. The van der Waals surface area contributed by atoms with E-state index < -0.39 is 11.7 Å². The van der Waals surface area contributed by atoms with Crippen molar-refractivity contribution in [3.05, 3.63) is 53.8 Å². The van der Waals surface area contributed by atoms with Gasteiger partial charge in [0.1, 0.15) is 0 Å². The van der Waals surface area contributed by atoms with Gasteiger partial charge in [-0.3, -0.25) is 4.79 Å². The quantitative estimate of drug-likeness (QED) is 0.603. The molecule has 0 radical (unpaired) electrons. The number of hydrazone groups is 1. The normalized spacial score (nSPS) is 10.6. The van der Waals surface area contributed by atoms with Gasteiger partial charge >= 0.3 is 0 Å². The van der Waals surface area contributed by atoms with Gasteiger partial charge in [0, 0.05) is 0 Å². The van der Waals surface area contributed by atoms with Crippen molar-refractivity contribution >= 4 is 12.1 Å². The summed E-state index contributed by atoms with van der Waals surface area (Å²) in [5.74, 6) is -0.719. The van der Waals surface area contributed by atoms with E-state index in [1.54, 1.807) is 25.1 Å². The Labute approximate surface area is 138 Å². The fourth-order valence-corrected chi connectivity index (χ4v) is 1.80. The van der Waals surface area contributed by atoms with Gasteiger partial charge in [-0.15, -0.1) is 0 Å². The standard InChI is InChI=1S/C17H17FN2O4/c1-2-23-16-9-12(7-8-14(16)21)10-19-20-17(22)11-24-15-6-4-3-5-13(15)18/h3-10,21H,2,11H2,1H3,(H,20,22)/b19-10+. The molecule has 24 heavy (non-hydrogen) atoms. The van der Waals surface area contributed by atoms with Crippen molar-refractivity contribution in [2.75, 3.05) is 13.2 Å². The number of para-hydroxylation sites is 1. The third-order valence-electron chi connectivity index (χ3n) is 2.88. The number of aromatic hydroxyl groups is 1. The molecule has 2 aromatic carbocycles. The highest BCUT2D eigenvalue weighted by Crippen LogP contribution is 2.26. The minimum Gasteiger partial charge on any atom is -0.504 e. The van der Waals surface area contributed by atoms with Crippen LogP contribution in [0.25, 0.3) is 0 Å². The molecule has 7 heteroatoms. The molecule has 0 aromatic heterocycles. The van der Waals surface area contributed by atoms with E-state index >= 15 is 0 Å². The predicted molar refractivity (Wildman–Crippen MR) is 86.9 cm³/mol. The summed E-state index contributed by atoms with van der Waals surface area (Å²) in [6, 6.07) is 10.5. The van der Waals surface area contributed by atoms with E-state index in [0.29, 0.717) is 17.9 Å². The van der Waals surface area contributed by atoms with Crippen molar-refractivity contribution in [1.29, 1.82) is 0 Å². The fraction of sp³-hybridized carbons (Fsp3) is 0.176. The highest BCUT2D eigenvalue weighted by atomic mass is 19.1. The number of nitrogens with zero attached hydrogens (tertiary/aromatic N) is 1. The first-order valence-electron chi connectivity index (χ1n) is 7.25. The first kappa shape index (κ1) is 17.3. The maximum absolute atomic E-state index is 13.3. The van der Waals surface area contributed by atoms with Crippen molar-refractivity contribution in [1.82, 2.24) is 5.43 Å². The molecule has 0 heterocycles. The van der Waals surface area contributed by atoms with Crippen molar-refractivity contribution in [3.8, 4) is 17.2 Å². The number of hydrogen-bond acceptors (Lipinski definition) is 5. The topological polar surface area (TPSA) is 80.2 Å². The Morgan fingerprint density at radius 2 is 2.04 bits per heavy atom. The molecule has 0 aliphatic heterocycles. The molecule has 0 unspecified atom stereocenters. The number of carbonyl (C=O) groups excluding carboxylic acids is 1. The van der Waals surface area contributed by atoms with Gasteiger partial charge < -0.3 is 14.6 Å². The minimum absolute atomic E-state index is 0.00322.